The summed E-state index contributed by atoms with van der Waals surface area (Å²) >= 11 is 1.56. The van der Waals surface area contributed by atoms with Gasteiger partial charge in [-0.2, -0.15) is 0 Å². The van der Waals surface area contributed by atoms with Crippen LogP contribution in [0.4, 0.5) is 0 Å². The molecule has 1 saturated carbocycles. The van der Waals surface area contributed by atoms with Crippen molar-refractivity contribution in [3.05, 3.63) is 15.8 Å². The fourth-order valence-electron chi connectivity index (χ4n) is 1.78. The van der Waals surface area contributed by atoms with Crippen LogP contribution in [0.3, 0.4) is 0 Å². The zero-order valence-electron chi connectivity index (χ0n) is 11.0. The Hall–Kier alpha value is -0.430. The molecular weight excluding hydrogens is 268 g/mol. The van der Waals surface area contributed by atoms with E-state index >= 15 is 0 Å². The molecule has 1 fully saturated rings. The van der Waals surface area contributed by atoms with E-state index in [0.717, 1.165) is 16.3 Å². The second-order valence-corrected chi connectivity index (χ2v) is 8.09. The first-order valence-electron chi connectivity index (χ1n) is 6.23. The lowest BCUT2D eigenvalue weighted by Gasteiger charge is -2.08. The van der Waals surface area contributed by atoms with E-state index in [-0.39, 0.29) is 6.04 Å². The monoisotopic (exact) mass is 288 g/mol. The van der Waals surface area contributed by atoms with Crippen LogP contribution in [0.15, 0.2) is 11.0 Å². The van der Waals surface area contributed by atoms with Gasteiger partial charge in [0.25, 0.3) is 0 Å². The number of rotatable bonds is 6. The van der Waals surface area contributed by atoms with Crippen LogP contribution in [0.2, 0.25) is 0 Å². The highest BCUT2D eigenvalue weighted by atomic mass is 32.2. The maximum Gasteiger partial charge on any atom is 0.241 e. The number of thiophene rings is 1. The Morgan fingerprint density at radius 2 is 2.11 bits per heavy atom. The smallest absolute Gasteiger partial charge is 0.241 e. The fraction of sp³-hybridized carbons (Fsp3) is 0.667. The molecule has 0 amide bonds. The molecule has 2 N–H and O–H groups in total. The molecule has 102 valence electrons. The van der Waals surface area contributed by atoms with Crippen molar-refractivity contribution >= 4 is 21.4 Å². The molecule has 0 aliphatic heterocycles. The van der Waals surface area contributed by atoms with Crippen molar-refractivity contribution in [1.29, 1.82) is 0 Å². The van der Waals surface area contributed by atoms with E-state index in [1.165, 1.54) is 12.8 Å². The fourth-order valence-corrected chi connectivity index (χ4v) is 4.62. The average molecular weight is 288 g/mol. The summed E-state index contributed by atoms with van der Waals surface area (Å²) in [4.78, 5) is 2.37. The Morgan fingerprint density at radius 1 is 1.44 bits per heavy atom. The molecule has 1 heterocycles. The van der Waals surface area contributed by atoms with Gasteiger partial charge in [-0.05, 0) is 39.7 Å². The van der Waals surface area contributed by atoms with Crippen LogP contribution in [-0.4, -0.2) is 20.5 Å². The Kier molecular flexibility index (Phi) is 4.11. The number of sulfonamides is 1. The summed E-state index contributed by atoms with van der Waals surface area (Å²) in [5, 5.41) is 3.40. The molecule has 0 radical (unpaired) electrons. The molecule has 1 aromatic heterocycles. The van der Waals surface area contributed by atoms with Gasteiger partial charge in [0.05, 0.1) is 4.90 Å². The summed E-state index contributed by atoms with van der Waals surface area (Å²) in [6, 6.07) is 2.35. The summed E-state index contributed by atoms with van der Waals surface area (Å²) in [7, 11) is -3.36. The second kappa shape index (κ2) is 5.28. The van der Waals surface area contributed by atoms with E-state index in [2.05, 4.69) is 10.0 Å². The minimum absolute atomic E-state index is 0.0812. The number of aryl methyl sites for hydroxylation is 1. The van der Waals surface area contributed by atoms with Crippen LogP contribution in [0.5, 0.6) is 0 Å². The molecule has 0 spiro atoms. The standard InChI is InChI=1S/C12H20N2O2S2/c1-8(2)14-18(15,16)12-6-11(17-9(12)3)7-13-10-4-5-10/h6,8,10,13-14H,4-5,7H2,1-3H3. The first kappa shape index (κ1) is 14.0. The van der Waals surface area contributed by atoms with E-state index in [9.17, 15) is 8.42 Å². The van der Waals surface area contributed by atoms with Gasteiger partial charge in [-0.25, -0.2) is 13.1 Å². The van der Waals surface area contributed by atoms with Gasteiger partial charge in [-0.15, -0.1) is 11.3 Å². The van der Waals surface area contributed by atoms with Gasteiger partial charge in [-0.1, -0.05) is 0 Å². The molecule has 1 aromatic rings. The van der Waals surface area contributed by atoms with Crippen molar-refractivity contribution in [3.63, 3.8) is 0 Å². The van der Waals surface area contributed by atoms with Gasteiger partial charge in [0, 0.05) is 28.4 Å². The van der Waals surface area contributed by atoms with Crippen molar-refractivity contribution in [2.24, 2.45) is 0 Å². The van der Waals surface area contributed by atoms with E-state index < -0.39 is 10.0 Å². The minimum Gasteiger partial charge on any atom is -0.309 e. The van der Waals surface area contributed by atoms with Crippen molar-refractivity contribution in [3.8, 4) is 0 Å². The van der Waals surface area contributed by atoms with Crippen LogP contribution < -0.4 is 10.0 Å². The molecule has 2 rings (SSSR count). The summed E-state index contributed by atoms with van der Waals surface area (Å²) in [6.07, 6.45) is 2.48. The van der Waals surface area contributed by atoms with Crippen LogP contribution in [0.25, 0.3) is 0 Å². The third-order valence-corrected chi connectivity index (χ3v) is 5.71. The van der Waals surface area contributed by atoms with Crippen molar-refractivity contribution in [2.45, 2.75) is 57.1 Å². The molecule has 0 saturated heterocycles. The van der Waals surface area contributed by atoms with E-state index in [4.69, 9.17) is 0 Å². The second-order valence-electron chi connectivity index (χ2n) is 5.06. The molecule has 0 aromatic carbocycles. The highest BCUT2D eigenvalue weighted by molar-refractivity contribution is 7.89. The first-order valence-corrected chi connectivity index (χ1v) is 8.53. The van der Waals surface area contributed by atoms with Crippen LogP contribution in [-0.2, 0) is 16.6 Å². The SMILES string of the molecule is Cc1sc(CNC2CC2)cc1S(=O)(=O)NC(C)C. The predicted octanol–water partition coefficient (Wildman–Crippen LogP) is 2.00. The number of hydrogen-bond donors (Lipinski definition) is 2. The van der Waals surface area contributed by atoms with E-state index in [1.807, 2.05) is 20.8 Å². The Bertz CT molecular complexity index is 516. The highest BCUT2D eigenvalue weighted by Gasteiger charge is 2.23. The lowest BCUT2D eigenvalue weighted by molar-refractivity contribution is 0.569. The molecule has 6 heteroatoms. The van der Waals surface area contributed by atoms with Crippen LogP contribution >= 0.6 is 11.3 Å². The highest BCUT2D eigenvalue weighted by Crippen LogP contribution is 2.27. The molecule has 4 nitrogen and oxygen atoms in total. The van der Waals surface area contributed by atoms with E-state index in [0.29, 0.717) is 10.9 Å². The molecule has 1 aliphatic rings. The van der Waals surface area contributed by atoms with Gasteiger partial charge in [-0.3, -0.25) is 0 Å². The Balaban J connectivity index is 2.12. The Labute approximate surface area is 113 Å². The van der Waals surface area contributed by atoms with Crippen LogP contribution in [0.1, 0.15) is 36.4 Å². The van der Waals surface area contributed by atoms with Gasteiger partial charge < -0.3 is 5.32 Å². The lowest BCUT2D eigenvalue weighted by Crippen LogP contribution is -2.30. The van der Waals surface area contributed by atoms with Crippen molar-refractivity contribution in [2.75, 3.05) is 0 Å². The summed E-state index contributed by atoms with van der Waals surface area (Å²) in [5.74, 6) is 0. The normalized spacial score (nSPS) is 16.4. The largest absolute Gasteiger partial charge is 0.309 e. The first-order chi connectivity index (χ1) is 8.38. The maximum atomic E-state index is 12.1. The summed E-state index contributed by atoms with van der Waals surface area (Å²) in [6.45, 7) is 6.29. The number of nitrogens with one attached hydrogen (secondary N) is 2. The minimum atomic E-state index is -3.36. The predicted molar refractivity (Wildman–Crippen MR) is 74.4 cm³/mol. The molecule has 1 aliphatic carbocycles. The topological polar surface area (TPSA) is 58.2 Å². The third kappa shape index (κ3) is 3.54. The van der Waals surface area contributed by atoms with Gasteiger partial charge in [0.1, 0.15) is 0 Å². The molecule has 0 atom stereocenters. The van der Waals surface area contributed by atoms with Crippen LogP contribution in [0, 0.1) is 6.92 Å². The molecule has 18 heavy (non-hydrogen) atoms. The lowest BCUT2D eigenvalue weighted by atomic mass is 10.4. The quantitative estimate of drug-likeness (QED) is 0.841. The van der Waals surface area contributed by atoms with Gasteiger partial charge in [0.15, 0.2) is 0 Å². The van der Waals surface area contributed by atoms with Gasteiger partial charge in [0.2, 0.25) is 10.0 Å². The average Bonchev–Trinajstić information content (AvgIpc) is 2.97. The third-order valence-electron chi connectivity index (χ3n) is 2.75. The number of hydrogen-bond acceptors (Lipinski definition) is 4. The molecular formula is C12H20N2O2S2. The summed E-state index contributed by atoms with van der Waals surface area (Å²) in [5.41, 5.74) is 0. The Morgan fingerprint density at radius 3 is 2.67 bits per heavy atom. The maximum absolute atomic E-state index is 12.1. The zero-order valence-corrected chi connectivity index (χ0v) is 12.6. The van der Waals surface area contributed by atoms with Crippen molar-refractivity contribution < 1.29 is 8.42 Å². The van der Waals surface area contributed by atoms with Gasteiger partial charge >= 0.3 is 0 Å². The van der Waals surface area contributed by atoms with E-state index in [1.54, 1.807) is 17.4 Å². The zero-order chi connectivity index (χ0) is 13.3. The molecule has 0 bridgehead atoms. The molecule has 0 unspecified atom stereocenters. The van der Waals surface area contributed by atoms with Crippen molar-refractivity contribution in [1.82, 2.24) is 10.0 Å². The summed E-state index contributed by atoms with van der Waals surface area (Å²) < 4.78 is 26.8.